The molecule has 4 nitrogen and oxygen atoms in total. The molecule has 1 aliphatic rings. The lowest BCUT2D eigenvalue weighted by Gasteiger charge is -2.04. The number of hydrogen-bond donors (Lipinski definition) is 0. The van der Waals surface area contributed by atoms with Gasteiger partial charge in [-0.15, -0.1) is 10.2 Å². The van der Waals surface area contributed by atoms with Crippen molar-refractivity contribution < 1.29 is 4.74 Å². The Hall–Kier alpha value is -0.610. The Morgan fingerprint density at radius 2 is 2.07 bits per heavy atom. The van der Waals surface area contributed by atoms with Gasteiger partial charge in [0.15, 0.2) is 0 Å². The van der Waals surface area contributed by atoms with Gasteiger partial charge in [0.25, 0.3) is 5.88 Å². The lowest BCUT2D eigenvalue weighted by atomic mass is 10.3. The van der Waals surface area contributed by atoms with Crippen LogP contribution in [0.25, 0.3) is 0 Å². The molecule has 0 spiro atoms. The Kier molecular flexibility index (Phi) is 3.03. The van der Waals surface area contributed by atoms with Gasteiger partial charge in [0, 0.05) is 0 Å². The molecule has 1 saturated carbocycles. The summed E-state index contributed by atoms with van der Waals surface area (Å²) in [5, 5.41) is 7.28. The van der Waals surface area contributed by atoms with Crippen LogP contribution in [-0.4, -0.2) is 21.8 Å². The Bertz CT molecular complexity index is 330. The van der Waals surface area contributed by atoms with Crippen molar-refractivity contribution in [2.24, 2.45) is 5.92 Å². The minimum absolute atomic E-state index is 0.0517. The smallest absolute Gasteiger partial charge is 0.256 e. The van der Waals surface area contributed by atoms with Crippen LogP contribution in [0.1, 0.15) is 19.3 Å². The summed E-state index contributed by atoms with van der Waals surface area (Å²) in [5.74, 6) is 1.09. The molecular formula is C8H9Cl2N3O. The van der Waals surface area contributed by atoms with E-state index >= 15 is 0 Å². The quantitative estimate of drug-likeness (QED) is 0.802. The molecule has 0 atom stereocenters. The molecule has 0 amide bonds. The van der Waals surface area contributed by atoms with E-state index in [0.29, 0.717) is 6.61 Å². The molecule has 1 fully saturated rings. The van der Waals surface area contributed by atoms with Crippen LogP contribution in [-0.2, 0) is 0 Å². The molecule has 0 saturated heterocycles. The topological polar surface area (TPSA) is 47.9 Å². The average molecular weight is 234 g/mol. The summed E-state index contributed by atoms with van der Waals surface area (Å²) in [6.45, 7) is 0.611. The number of nitrogens with zero attached hydrogens (tertiary/aromatic N) is 3. The van der Waals surface area contributed by atoms with Crippen LogP contribution in [0.5, 0.6) is 5.88 Å². The maximum Gasteiger partial charge on any atom is 0.256 e. The highest BCUT2D eigenvalue weighted by Crippen LogP contribution is 2.32. The monoisotopic (exact) mass is 233 g/mol. The van der Waals surface area contributed by atoms with Crippen LogP contribution in [0, 0.1) is 5.92 Å². The third-order valence-corrected chi connectivity index (χ3v) is 2.45. The van der Waals surface area contributed by atoms with Crippen LogP contribution in [0.3, 0.4) is 0 Å². The van der Waals surface area contributed by atoms with Crippen molar-refractivity contribution in [1.29, 1.82) is 0 Å². The second-order valence-corrected chi connectivity index (χ2v) is 3.95. The average Bonchev–Trinajstić information content (AvgIpc) is 2.95. The zero-order chi connectivity index (χ0) is 9.97. The molecule has 14 heavy (non-hydrogen) atoms. The number of aromatic nitrogens is 3. The van der Waals surface area contributed by atoms with E-state index in [1.54, 1.807) is 0 Å². The predicted octanol–water partition coefficient (Wildman–Crippen LogP) is 2.36. The molecule has 76 valence electrons. The molecule has 2 rings (SSSR count). The highest BCUT2D eigenvalue weighted by molar-refractivity contribution is 6.31. The van der Waals surface area contributed by atoms with Crippen LogP contribution >= 0.6 is 23.2 Å². The largest absolute Gasteiger partial charge is 0.475 e. The summed E-state index contributed by atoms with van der Waals surface area (Å²) < 4.78 is 5.34. The predicted molar refractivity (Wildman–Crippen MR) is 52.7 cm³/mol. The fraction of sp³-hybridized carbons (Fsp3) is 0.625. The third-order valence-electron chi connectivity index (χ3n) is 2.05. The first-order valence-corrected chi connectivity index (χ1v) is 5.20. The Morgan fingerprint density at radius 1 is 1.29 bits per heavy atom. The summed E-state index contributed by atoms with van der Waals surface area (Å²) in [4.78, 5) is 3.83. The summed E-state index contributed by atoms with van der Waals surface area (Å²) in [7, 11) is 0. The van der Waals surface area contributed by atoms with E-state index in [0.717, 1.165) is 12.3 Å². The Balaban J connectivity index is 1.89. The summed E-state index contributed by atoms with van der Waals surface area (Å²) >= 11 is 11.3. The molecule has 0 N–H and O–H groups in total. The Morgan fingerprint density at radius 3 is 2.79 bits per heavy atom. The number of ether oxygens (including phenoxy) is 1. The summed E-state index contributed by atoms with van der Waals surface area (Å²) in [6.07, 6.45) is 3.65. The fourth-order valence-corrected chi connectivity index (χ4v) is 1.35. The molecular weight excluding hydrogens is 225 g/mol. The first kappa shape index (κ1) is 9.93. The van der Waals surface area contributed by atoms with Gasteiger partial charge >= 0.3 is 0 Å². The van der Waals surface area contributed by atoms with E-state index in [-0.39, 0.29) is 16.3 Å². The highest BCUT2D eigenvalue weighted by atomic mass is 35.5. The van der Waals surface area contributed by atoms with Crippen molar-refractivity contribution >= 4 is 23.2 Å². The maximum atomic E-state index is 5.71. The number of hydrogen-bond acceptors (Lipinski definition) is 4. The van der Waals surface area contributed by atoms with E-state index in [1.807, 2.05) is 0 Å². The molecule has 0 unspecified atom stereocenters. The number of halogens is 2. The van der Waals surface area contributed by atoms with E-state index < -0.39 is 0 Å². The van der Waals surface area contributed by atoms with Gasteiger partial charge < -0.3 is 4.74 Å². The van der Waals surface area contributed by atoms with Gasteiger partial charge in [-0.25, -0.2) is 0 Å². The van der Waals surface area contributed by atoms with E-state index in [9.17, 15) is 0 Å². The van der Waals surface area contributed by atoms with Crippen LogP contribution in [0.4, 0.5) is 0 Å². The van der Waals surface area contributed by atoms with Crippen molar-refractivity contribution in [3.8, 4) is 5.88 Å². The lowest BCUT2D eigenvalue weighted by molar-refractivity contribution is 0.289. The van der Waals surface area contributed by atoms with Crippen LogP contribution < -0.4 is 4.74 Å². The van der Waals surface area contributed by atoms with Gasteiger partial charge in [0.05, 0.1) is 6.61 Å². The molecule has 1 heterocycles. The van der Waals surface area contributed by atoms with Crippen molar-refractivity contribution in [1.82, 2.24) is 15.2 Å². The van der Waals surface area contributed by atoms with E-state index in [4.69, 9.17) is 27.9 Å². The Labute approximate surface area is 91.6 Å². The summed E-state index contributed by atoms with van der Waals surface area (Å²) in [6, 6.07) is 0. The van der Waals surface area contributed by atoms with Gasteiger partial charge in [-0.1, -0.05) is 24.4 Å². The minimum atomic E-state index is 0.0517. The molecule has 6 heteroatoms. The van der Waals surface area contributed by atoms with Crippen LogP contribution in [0.2, 0.25) is 10.4 Å². The normalized spacial score (nSPS) is 15.6. The van der Waals surface area contributed by atoms with Gasteiger partial charge in [-0.05, 0) is 23.9 Å². The number of rotatable bonds is 4. The second-order valence-electron chi connectivity index (χ2n) is 3.26. The van der Waals surface area contributed by atoms with E-state index in [1.165, 1.54) is 12.8 Å². The molecule has 1 aromatic heterocycles. The highest BCUT2D eigenvalue weighted by Gasteiger charge is 2.21. The SMILES string of the molecule is Clc1nnc(Cl)c(OCCC2CC2)n1. The first-order valence-electron chi connectivity index (χ1n) is 4.44. The minimum Gasteiger partial charge on any atom is -0.475 e. The second kappa shape index (κ2) is 4.28. The van der Waals surface area contributed by atoms with Crippen molar-refractivity contribution in [3.05, 3.63) is 10.4 Å². The zero-order valence-electron chi connectivity index (χ0n) is 7.41. The van der Waals surface area contributed by atoms with Gasteiger partial charge in [-0.2, -0.15) is 4.98 Å². The molecule has 0 radical (unpaired) electrons. The first-order chi connectivity index (χ1) is 6.75. The molecule has 1 aromatic rings. The third kappa shape index (κ3) is 2.69. The standard InChI is InChI=1S/C8H9Cl2N3O/c9-6-7(11-8(10)13-12-6)14-4-3-5-1-2-5/h5H,1-4H2. The zero-order valence-corrected chi connectivity index (χ0v) is 8.92. The molecule has 0 aromatic carbocycles. The fourth-order valence-electron chi connectivity index (χ4n) is 1.10. The summed E-state index contributed by atoms with van der Waals surface area (Å²) in [5.41, 5.74) is 0. The van der Waals surface area contributed by atoms with Crippen molar-refractivity contribution in [3.63, 3.8) is 0 Å². The van der Waals surface area contributed by atoms with Gasteiger partial charge in [0.2, 0.25) is 10.4 Å². The van der Waals surface area contributed by atoms with E-state index in [2.05, 4.69) is 15.2 Å². The molecule has 0 aliphatic heterocycles. The van der Waals surface area contributed by atoms with Crippen molar-refractivity contribution in [2.75, 3.05) is 6.61 Å². The van der Waals surface area contributed by atoms with Crippen molar-refractivity contribution in [2.45, 2.75) is 19.3 Å². The molecule has 1 aliphatic carbocycles. The lowest BCUT2D eigenvalue weighted by Crippen LogP contribution is -2.02. The van der Waals surface area contributed by atoms with Gasteiger partial charge in [0.1, 0.15) is 0 Å². The van der Waals surface area contributed by atoms with Gasteiger partial charge in [-0.3, -0.25) is 0 Å². The van der Waals surface area contributed by atoms with Crippen LogP contribution in [0.15, 0.2) is 0 Å². The molecule has 0 bridgehead atoms. The maximum absolute atomic E-state index is 5.71.